The van der Waals surface area contributed by atoms with Crippen LogP contribution in [-0.2, 0) is 13.0 Å². The van der Waals surface area contributed by atoms with Crippen LogP contribution in [0.1, 0.15) is 48.8 Å². The maximum absolute atomic E-state index is 12.3. The highest BCUT2D eigenvalue weighted by Gasteiger charge is 2.15. The summed E-state index contributed by atoms with van der Waals surface area (Å²) in [6.45, 7) is 6.87. The van der Waals surface area contributed by atoms with Gasteiger partial charge in [-0.15, -0.1) is 0 Å². The number of hydrogen-bond donors (Lipinski definition) is 0. The van der Waals surface area contributed by atoms with Crippen LogP contribution in [0.5, 0.6) is 0 Å². The lowest BCUT2D eigenvalue weighted by atomic mass is 10.2. The summed E-state index contributed by atoms with van der Waals surface area (Å²) in [5, 5.41) is 3.90. The first-order chi connectivity index (χ1) is 10.9. The number of pyridine rings is 1. The second kappa shape index (κ2) is 7.21. The number of aryl methyl sites for hydroxylation is 1. The summed E-state index contributed by atoms with van der Waals surface area (Å²) in [7, 11) is 1.69. The highest BCUT2D eigenvalue weighted by Crippen LogP contribution is 2.11. The van der Waals surface area contributed by atoms with Crippen LogP contribution in [0.15, 0.2) is 27.6 Å². The molecule has 0 bridgehead atoms. The molecule has 0 unspecified atom stereocenters. The monoisotopic (exact) mass is 318 g/mol. The lowest BCUT2D eigenvalue weighted by molar-refractivity contribution is 0.0795. The van der Waals surface area contributed by atoms with Gasteiger partial charge in [-0.25, -0.2) is 0 Å². The summed E-state index contributed by atoms with van der Waals surface area (Å²) in [6, 6.07) is 3.03. The fourth-order valence-electron chi connectivity index (χ4n) is 2.10. The summed E-state index contributed by atoms with van der Waals surface area (Å²) < 4.78 is 6.68. The van der Waals surface area contributed by atoms with Gasteiger partial charge in [-0.3, -0.25) is 9.59 Å². The van der Waals surface area contributed by atoms with Crippen molar-refractivity contribution in [3.63, 3.8) is 0 Å². The van der Waals surface area contributed by atoms with Gasteiger partial charge in [-0.2, -0.15) is 4.98 Å². The molecule has 0 fully saturated rings. The fourth-order valence-corrected chi connectivity index (χ4v) is 2.10. The van der Waals surface area contributed by atoms with Crippen molar-refractivity contribution in [3.8, 4) is 0 Å². The molecule has 0 aliphatic rings. The Morgan fingerprint density at radius 2 is 2.17 bits per heavy atom. The van der Waals surface area contributed by atoms with Crippen molar-refractivity contribution < 1.29 is 9.32 Å². The first-order valence-corrected chi connectivity index (χ1v) is 7.70. The Bertz CT molecular complexity index is 733. The molecule has 0 aromatic carbocycles. The molecule has 2 aromatic heterocycles. The van der Waals surface area contributed by atoms with Crippen molar-refractivity contribution in [1.29, 1.82) is 0 Å². The van der Waals surface area contributed by atoms with Gasteiger partial charge in [-0.1, -0.05) is 19.0 Å². The van der Waals surface area contributed by atoms with Gasteiger partial charge in [0, 0.05) is 50.3 Å². The van der Waals surface area contributed by atoms with Crippen LogP contribution >= 0.6 is 0 Å². The van der Waals surface area contributed by atoms with Crippen LogP contribution in [0.2, 0.25) is 0 Å². The van der Waals surface area contributed by atoms with E-state index in [2.05, 4.69) is 10.1 Å². The summed E-state index contributed by atoms with van der Waals surface area (Å²) >= 11 is 0. The Morgan fingerprint density at radius 1 is 1.43 bits per heavy atom. The van der Waals surface area contributed by atoms with Crippen molar-refractivity contribution in [3.05, 3.63) is 46.0 Å². The molecule has 0 saturated carbocycles. The van der Waals surface area contributed by atoms with Gasteiger partial charge >= 0.3 is 0 Å². The van der Waals surface area contributed by atoms with E-state index >= 15 is 0 Å². The van der Waals surface area contributed by atoms with E-state index in [1.54, 1.807) is 28.8 Å². The summed E-state index contributed by atoms with van der Waals surface area (Å²) in [4.78, 5) is 30.0. The predicted molar refractivity (Wildman–Crippen MR) is 85.4 cm³/mol. The number of carbonyl (C=O) groups is 1. The Hall–Kier alpha value is -2.44. The molecular formula is C16H22N4O3. The van der Waals surface area contributed by atoms with Crippen LogP contribution < -0.4 is 5.56 Å². The van der Waals surface area contributed by atoms with Crippen molar-refractivity contribution in [2.45, 2.75) is 39.7 Å². The molecule has 124 valence electrons. The minimum absolute atomic E-state index is 0.175. The fraction of sp³-hybridized carbons (Fsp3) is 0.500. The maximum Gasteiger partial charge on any atom is 0.253 e. The van der Waals surface area contributed by atoms with Crippen LogP contribution in [0.4, 0.5) is 0 Å². The number of aromatic nitrogens is 3. The van der Waals surface area contributed by atoms with Gasteiger partial charge in [0.25, 0.3) is 11.5 Å². The molecule has 2 rings (SSSR count). The van der Waals surface area contributed by atoms with Crippen LogP contribution in [0.25, 0.3) is 0 Å². The van der Waals surface area contributed by atoms with Gasteiger partial charge in [0.2, 0.25) is 5.89 Å². The molecule has 0 atom stereocenters. The van der Waals surface area contributed by atoms with Crippen molar-refractivity contribution in [2.75, 3.05) is 13.6 Å². The molecule has 0 radical (unpaired) electrons. The molecule has 2 heterocycles. The molecule has 0 saturated heterocycles. The minimum atomic E-state index is -0.196. The maximum atomic E-state index is 12.3. The van der Waals surface area contributed by atoms with Gasteiger partial charge in [0.05, 0.1) is 0 Å². The van der Waals surface area contributed by atoms with Gasteiger partial charge < -0.3 is 14.0 Å². The normalized spacial score (nSPS) is 11.0. The molecule has 1 amide bonds. The van der Waals surface area contributed by atoms with Crippen LogP contribution in [-0.4, -0.2) is 39.1 Å². The van der Waals surface area contributed by atoms with Gasteiger partial charge in [-0.05, 0) is 13.0 Å². The molecule has 0 spiro atoms. The first-order valence-electron chi connectivity index (χ1n) is 7.70. The third-order valence-electron chi connectivity index (χ3n) is 3.58. The van der Waals surface area contributed by atoms with Crippen LogP contribution in [0.3, 0.4) is 0 Å². The van der Waals surface area contributed by atoms with E-state index in [0.29, 0.717) is 36.8 Å². The topological polar surface area (TPSA) is 81.2 Å². The van der Waals surface area contributed by atoms with Gasteiger partial charge in [0.15, 0.2) is 5.82 Å². The molecule has 0 aliphatic carbocycles. The van der Waals surface area contributed by atoms with Crippen molar-refractivity contribution in [1.82, 2.24) is 19.6 Å². The predicted octanol–water partition coefficient (Wildman–Crippen LogP) is 1.69. The van der Waals surface area contributed by atoms with Crippen LogP contribution in [0, 0.1) is 0 Å². The zero-order valence-electron chi connectivity index (χ0n) is 13.9. The number of rotatable bonds is 6. The van der Waals surface area contributed by atoms with Crippen molar-refractivity contribution in [2.24, 2.45) is 0 Å². The number of likely N-dealkylation sites (N-methyl/N-ethyl adjacent to an activating group) is 1. The Kier molecular flexibility index (Phi) is 5.31. The number of amides is 1. The van der Waals surface area contributed by atoms with Crippen molar-refractivity contribution >= 4 is 5.91 Å². The average molecular weight is 318 g/mol. The summed E-state index contributed by atoms with van der Waals surface area (Å²) in [6.07, 6.45) is 2.14. The highest BCUT2D eigenvalue weighted by molar-refractivity contribution is 5.93. The zero-order chi connectivity index (χ0) is 17.0. The lowest BCUT2D eigenvalue weighted by Gasteiger charge is -2.16. The molecule has 7 nitrogen and oxygen atoms in total. The van der Waals surface area contributed by atoms with Gasteiger partial charge in [0.1, 0.15) is 0 Å². The second-order valence-corrected chi connectivity index (χ2v) is 5.72. The molecule has 0 aliphatic heterocycles. The summed E-state index contributed by atoms with van der Waals surface area (Å²) in [5.41, 5.74) is 0.213. The SMILES string of the molecule is CCn1ccc(C(=O)N(C)CCc2noc(C(C)C)n2)cc1=O. The largest absolute Gasteiger partial charge is 0.341 e. The van der Waals surface area contributed by atoms with E-state index in [4.69, 9.17) is 4.52 Å². The smallest absolute Gasteiger partial charge is 0.253 e. The molecule has 0 N–H and O–H groups in total. The highest BCUT2D eigenvalue weighted by atomic mass is 16.5. The quantitative estimate of drug-likeness (QED) is 0.809. The number of carbonyl (C=O) groups excluding carboxylic acids is 1. The van der Waals surface area contributed by atoms with E-state index in [1.165, 1.54) is 6.07 Å². The first kappa shape index (κ1) is 16.9. The number of nitrogens with zero attached hydrogens (tertiary/aromatic N) is 4. The Morgan fingerprint density at radius 3 is 2.74 bits per heavy atom. The molecule has 2 aromatic rings. The average Bonchev–Trinajstić information content (AvgIpc) is 3.01. The number of hydrogen-bond acceptors (Lipinski definition) is 5. The standard InChI is InChI=1S/C16H22N4O3/c1-5-20-9-6-12(10-14(20)21)16(22)19(4)8-7-13-17-15(11(2)3)23-18-13/h6,9-11H,5,7-8H2,1-4H3. The summed E-state index contributed by atoms with van der Waals surface area (Å²) in [5.74, 6) is 1.16. The van der Waals surface area contributed by atoms with E-state index in [0.717, 1.165) is 0 Å². The van der Waals surface area contributed by atoms with E-state index in [1.807, 2.05) is 20.8 Å². The molecular weight excluding hydrogens is 296 g/mol. The Labute approximate surface area is 134 Å². The lowest BCUT2D eigenvalue weighted by Crippen LogP contribution is -2.30. The second-order valence-electron chi connectivity index (χ2n) is 5.72. The minimum Gasteiger partial charge on any atom is -0.341 e. The van der Waals surface area contributed by atoms with E-state index in [9.17, 15) is 9.59 Å². The van der Waals surface area contributed by atoms with E-state index < -0.39 is 0 Å². The molecule has 23 heavy (non-hydrogen) atoms. The Balaban J connectivity index is 1.99. The third-order valence-corrected chi connectivity index (χ3v) is 3.58. The zero-order valence-corrected chi connectivity index (χ0v) is 13.9. The third kappa shape index (κ3) is 4.06. The van der Waals surface area contributed by atoms with E-state index in [-0.39, 0.29) is 17.4 Å². The molecule has 7 heteroatoms.